The van der Waals surface area contributed by atoms with Crippen molar-refractivity contribution in [1.82, 2.24) is 0 Å². The summed E-state index contributed by atoms with van der Waals surface area (Å²) >= 11 is 0. The predicted octanol–water partition coefficient (Wildman–Crippen LogP) is 5.06. The Hall–Kier alpha value is -3.88. The van der Waals surface area contributed by atoms with Crippen molar-refractivity contribution in [2.45, 2.75) is 25.4 Å². The number of halogens is 3. The van der Waals surface area contributed by atoms with E-state index in [1.165, 1.54) is 12.1 Å². The maximum atomic E-state index is 12.9. The number of carbonyl (C=O) groups is 1. The minimum Gasteiger partial charge on any atom is -0.420 e. The zero-order valence-corrected chi connectivity index (χ0v) is 16.7. The number of carbonyl (C=O) groups excluding carboxylic acids is 1. The Bertz CT molecular complexity index is 1230. The Labute approximate surface area is 180 Å². The molecule has 1 amide bonds. The lowest BCUT2D eigenvalue weighted by Gasteiger charge is -2.17. The van der Waals surface area contributed by atoms with E-state index in [4.69, 9.17) is 4.42 Å². The number of alkyl halides is 3. The summed E-state index contributed by atoms with van der Waals surface area (Å²) < 4.78 is 44.1. The van der Waals surface area contributed by atoms with Crippen molar-refractivity contribution in [3.63, 3.8) is 0 Å². The van der Waals surface area contributed by atoms with E-state index < -0.39 is 23.3 Å². The average molecular weight is 441 g/mol. The van der Waals surface area contributed by atoms with Crippen molar-refractivity contribution in [1.29, 1.82) is 0 Å². The van der Waals surface area contributed by atoms with Crippen molar-refractivity contribution >= 4 is 23.0 Å². The third-order valence-corrected chi connectivity index (χ3v) is 4.94. The van der Waals surface area contributed by atoms with Gasteiger partial charge in [-0.3, -0.25) is 10.2 Å². The van der Waals surface area contributed by atoms with E-state index >= 15 is 0 Å². The quantitative estimate of drug-likeness (QED) is 0.554. The van der Waals surface area contributed by atoms with E-state index in [2.05, 4.69) is 15.8 Å². The van der Waals surface area contributed by atoms with Crippen LogP contribution in [-0.4, -0.2) is 11.6 Å². The summed E-state index contributed by atoms with van der Waals surface area (Å²) in [5.41, 5.74) is 2.76. The van der Waals surface area contributed by atoms with Crippen LogP contribution in [0.3, 0.4) is 0 Å². The number of nitrogens with one attached hydrogen (secondary N) is 2. The van der Waals surface area contributed by atoms with E-state index in [0.29, 0.717) is 36.1 Å². The Balaban J connectivity index is 1.57. The first kappa shape index (κ1) is 21.4. The number of fused-ring (bicyclic) bond motifs is 1. The number of hydrazone groups is 1. The van der Waals surface area contributed by atoms with Gasteiger partial charge in [0.25, 0.3) is 5.91 Å². The third-order valence-electron chi connectivity index (χ3n) is 4.94. The van der Waals surface area contributed by atoms with Gasteiger partial charge in [-0.05, 0) is 61.2 Å². The topological polar surface area (TPSA) is 83.7 Å². The zero-order chi connectivity index (χ0) is 22.7. The molecule has 4 rings (SSSR count). The molecule has 0 unspecified atom stereocenters. The van der Waals surface area contributed by atoms with Crippen LogP contribution in [0.25, 0.3) is 0 Å². The molecule has 0 radical (unpaired) electrons. The summed E-state index contributed by atoms with van der Waals surface area (Å²) in [6.45, 7) is 0. The third kappa shape index (κ3) is 4.72. The highest BCUT2D eigenvalue weighted by Crippen LogP contribution is 2.31. The van der Waals surface area contributed by atoms with Gasteiger partial charge in [0, 0.05) is 5.56 Å². The van der Waals surface area contributed by atoms with Crippen molar-refractivity contribution in [3.8, 4) is 0 Å². The number of nitrogens with zero attached hydrogens (tertiary/aromatic N) is 1. The van der Waals surface area contributed by atoms with Crippen molar-refractivity contribution in [2.75, 3.05) is 10.7 Å². The van der Waals surface area contributed by atoms with Crippen LogP contribution < -0.4 is 16.4 Å². The highest BCUT2D eigenvalue weighted by atomic mass is 19.4. The number of hydrogen-bond acceptors (Lipinski definition) is 5. The SMILES string of the molecule is O=C(Nc1cc2c(oc1=O)/C(=N\Nc1cccc(C(F)(F)F)c1)CCC2)c1ccccc1. The molecular weight excluding hydrogens is 423 g/mol. The summed E-state index contributed by atoms with van der Waals surface area (Å²) in [7, 11) is 0. The molecule has 2 aromatic carbocycles. The molecule has 0 aliphatic heterocycles. The molecule has 3 aromatic rings. The first-order valence-corrected chi connectivity index (χ1v) is 9.85. The largest absolute Gasteiger partial charge is 0.420 e. The van der Waals surface area contributed by atoms with Crippen LogP contribution in [0.2, 0.25) is 0 Å². The maximum absolute atomic E-state index is 12.9. The Morgan fingerprint density at radius 2 is 1.78 bits per heavy atom. The van der Waals surface area contributed by atoms with Gasteiger partial charge in [-0.15, -0.1) is 0 Å². The molecular formula is C23H18F3N3O3. The number of rotatable bonds is 4. The second-order valence-electron chi connectivity index (χ2n) is 7.22. The standard InChI is InChI=1S/C23H18F3N3O3/c24-23(25,26)16-9-5-10-17(13-16)28-29-18-11-4-8-15-12-19(22(31)32-20(15)18)27-21(30)14-6-2-1-3-7-14/h1-3,5-7,9-10,12-13,28H,4,8,11H2,(H,27,30)/b29-18-. The molecule has 1 aromatic heterocycles. The Kier molecular flexibility index (Phi) is 5.81. The van der Waals surface area contributed by atoms with Gasteiger partial charge in [-0.1, -0.05) is 24.3 Å². The number of hydrogen-bond donors (Lipinski definition) is 2. The fourth-order valence-corrected chi connectivity index (χ4v) is 3.38. The van der Waals surface area contributed by atoms with Crippen molar-refractivity contribution < 1.29 is 22.4 Å². The molecule has 2 N–H and O–H groups in total. The second kappa shape index (κ2) is 8.70. The summed E-state index contributed by atoms with van der Waals surface area (Å²) in [4.78, 5) is 24.8. The number of anilines is 2. The molecule has 1 aliphatic rings. The summed E-state index contributed by atoms with van der Waals surface area (Å²) in [6.07, 6.45) is -2.67. The number of aryl methyl sites for hydroxylation is 1. The number of amides is 1. The normalized spacial score (nSPS) is 14.7. The summed E-state index contributed by atoms with van der Waals surface area (Å²) in [5.74, 6) is -0.174. The minimum absolute atomic E-state index is 0.0182. The molecule has 0 saturated heterocycles. The molecule has 9 heteroatoms. The van der Waals surface area contributed by atoms with E-state index in [9.17, 15) is 22.8 Å². The van der Waals surface area contributed by atoms with Crippen LogP contribution in [0, 0.1) is 0 Å². The average Bonchev–Trinajstić information content (AvgIpc) is 2.78. The van der Waals surface area contributed by atoms with E-state index in [0.717, 1.165) is 12.1 Å². The van der Waals surface area contributed by atoms with Crippen LogP contribution in [0.4, 0.5) is 24.5 Å². The molecule has 0 saturated carbocycles. The number of benzene rings is 2. The van der Waals surface area contributed by atoms with Crippen molar-refractivity contribution in [3.05, 3.63) is 93.5 Å². The minimum atomic E-state index is -4.46. The van der Waals surface area contributed by atoms with Crippen LogP contribution in [0.15, 0.2) is 75.0 Å². The van der Waals surface area contributed by atoms with Gasteiger partial charge >= 0.3 is 11.8 Å². The Morgan fingerprint density at radius 1 is 1.00 bits per heavy atom. The summed E-state index contributed by atoms with van der Waals surface area (Å²) in [6, 6.07) is 14.7. The maximum Gasteiger partial charge on any atom is 0.416 e. The van der Waals surface area contributed by atoms with Gasteiger partial charge in [0.2, 0.25) is 0 Å². The van der Waals surface area contributed by atoms with Gasteiger partial charge in [-0.2, -0.15) is 18.3 Å². The van der Waals surface area contributed by atoms with E-state index in [1.807, 2.05) is 0 Å². The van der Waals surface area contributed by atoms with Gasteiger partial charge in [0.05, 0.1) is 11.3 Å². The molecule has 0 atom stereocenters. The van der Waals surface area contributed by atoms with Crippen LogP contribution in [-0.2, 0) is 12.6 Å². The van der Waals surface area contributed by atoms with Gasteiger partial charge in [-0.25, -0.2) is 4.79 Å². The molecule has 32 heavy (non-hydrogen) atoms. The highest BCUT2D eigenvalue weighted by Gasteiger charge is 2.30. The van der Waals surface area contributed by atoms with Gasteiger partial charge in [0.15, 0.2) is 5.76 Å². The summed E-state index contributed by atoms with van der Waals surface area (Å²) in [5, 5.41) is 6.74. The van der Waals surface area contributed by atoms with E-state index in [-0.39, 0.29) is 17.1 Å². The van der Waals surface area contributed by atoms with Crippen LogP contribution in [0.5, 0.6) is 0 Å². The fourth-order valence-electron chi connectivity index (χ4n) is 3.38. The lowest BCUT2D eigenvalue weighted by molar-refractivity contribution is -0.137. The molecule has 0 fully saturated rings. The lowest BCUT2D eigenvalue weighted by Crippen LogP contribution is -2.22. The first-order chi connectivity index (χ1) is 15.3. The lowest BCUT2D eigenvalue weighted by atomic mass is 9.95. The molecule has 0 spiro atoms. The molecule has 1 aliphatic carbocycles. The second-order valence-corrected chi connectivity index (χ2v) is 7.22. The van der Waals surface area contributed by atoms with Crippen LogP contribution >= 0.6 is 0 Å². The van der Waals surface area contributed by atoms with Gasteiger partial charge in [0.1, 0.15) is 11.4 Å². The smallest absolute Gasteiger partial charge is 0.416 e. The predicted molar refractivity (Wildman–Crippen MR) is 114 cm³/mol. The zero-order valence-electron chi connectivity index (χ0n) is 16.7. The molecule has 164 valence electrons. The molecule has 0 bridgehead atoms. The highest BCUT2D eigenvalue weighted by molar-refractivity contribution is 6.05. The molecule has 6 nitrogen and oxygen atoms in total. The van der Waals surface area contributed by atoms with Crippen LogP contribution in [0.1, 0.15) is 40.1 Å². The molecule has 1 heterocycles. The van der Waals surface area contributed by atoms with E-state index in [1.54, 1.807) is 36.4 Å². The fraction of sp³-hybridized carbons (Fsp3) is 0.174. The Morgan fingerprint density at radius 3 is 2.53 bits per heavy atom. The van der Waals surface area contributed by atoms with Crippen molar-refractivity contribution in [2.24, 2.45) is 5.10 Å². The monoisotopic (exact) mass is 441 g/mol. The first-order valence-electron chi connectivity index (χ1n) is 9.85. The van der Waals surface area contributed by atoms with Gasteiger partial charge < -0.3 is 9.73 Å².